The van der Waals surface area contributed by atoms with Crippen LogP contribution in [0, 0.1) is 0 Å². The Morgan fingerprint density at radius 2 is 2.00 bits per heavy atom. The molecule has 0 aliphatic carbocycles. The van der Waals surface area contributed by atoms with Crippen LogP contribution >= 0.6 is 0 Å². The van der Waals surface area contributed by atoms with Crippen molar-refractivity contribution in [1.82, 2.24) is 5.32 Å². The van der Waals surface area contributed by atoms with Gasteiger partial charge in [-0.2, -0.15) is 0 Å². The van der Waals surface area contributed by atoms with Gasteiger partial charge in [-0.25, -0.2) is 4.79 Å². The van der Waals surface area contributed by atoms with Crippen molar-refractivity contribution in [2.45, 2.75) is 19.4 Å². The Labute approximate surface area is 144 Å². The molecule has 0 saturated carbocycles. The normalized spacial score (nSPS) is 12.2. The Morgan fingerprint density at radius 3 is 2.72 bits per heavy atom. The van der Waals surface area contributed by atoms with Gasteiger partial charge in [0.2, 0.25) is 0 Å². The van der Waals surface area contributed by atoms with Gasteiger partial charge >= 0.3 is 5.63 Å². The molecule has 3 aromatic rings. The third kappa shape index (κ3) is 3.64. The van der Waals surface area contributed by atoms with Crippen LogP contribution in [-0.2, 0) is 11.2 Å². The zero-order chi connectivity index (χ0) is 17.8. The fourth-order valence-corrected chi connectivity index (χ4v) is 2.59. The molecule has 0 unspecified atom stereocenters. The number of para-hydroxylation sites is 1. The molecule has 0 saturated heterocycles. The lowest BCUT2D eigenvalue weighted by Gasteiger charge is -2.15. The summed E-state index contributed by atoms with van der Waals surface area (Å²) in [5.74, 6) is 0.865. The number of methoxy groups -OCH3 is 1. The van der Waals surface area contributed by atoms with E-state index in [0.717, 1.165) is 12.2 Å². The van der Waals surface area contributed by atoms with E-state index in [-0.39, 0.29) is 12.2 Å². The summed E-state index contributed by atoms with van der Waals surface area (Å²) in [4.78, 5) is 24.7. The zero-order valence-corrected chi connectivity index (χ0v) is 14.1. The quantitative estimate of drug-likeness (QED) is 0.697. The van der Waals surface area contributed by atoms with Gasteiger partial charge in [0, 0.05) is 18.9 Å². The second-order valence-electron chi connectivity index (χ2n) is 5.62. The topological polar surface area (TPSA) is 81.7 Å². The molecule has 0 bridgehead atoms. The monoisotopic (exact) mass is 341 g/mol. The Morgan fingerprint density at radius 1 is 1.20 bits per heavy atom. The maximum atomic E-state index is 12.6. The predicted molar refractivity (Wildman–Crippen MR) is 92.7 cm³/mol. The van der Waals surface area contributed by atoms with Gasteiger partial charge < -0.3 is 18.9 Å². The highest BCUT2D eigenvalue weighted by atomic mass is 16.5. The van der Waals surface area contributed by atoms with E-state index in [9.17, 15) is 9.59 Å². The average Bonchev–Trinajstić information content (AvgIpc) is 3.09. The summed E-state index contributed by atoms with van der Waals surface area (Å²) < 4.78 is 16.1. The standard InChI is InChI=1S/C19H19NO5/c1-3-13-8-9-17(24-13)15(11-23-2)20-18(21)14-10-12-6-4-5-7-16(12)25-19(14)22/h4-10,15H,3,11H2,1-2H3,(H,20,21)/t15-/m0/s1. The summed E-state index contributed by atoms with van der Waals surface area (Å²) >= 11 is 0. The number of nitrogens with one attached hydrogen (secondary N) is 1. The van der Waals surface area contributed by atoms with Gasteiger partial charge in [0.05, 0.1) is 6.61 Å². The van der Waals surface area contributed by atoms with Crippen LogP contribution in [0.3, 0.4) is 0 Å². The molecule has 6 heteroatoms. The Kier molecular flexibility index (Phi) is 5.00. The van der Waals surface area contributed by atoms with Crippen LogP contribution in [0.1, 0.15) is 34.8 Å². The summed E-state index contributed by atoms with van der Waals surface area (Å²) in [5.41, 5.74) is -0.292. The van der Waals surface area contributed by atoms with Gasteiger partial charge in [-0.3, -0.25) is 4.79 Å². The highest BCUT2D eigenvalue weighted by molar-refractivity contribution is 5.96. The maximum absolute atomic E-state index is 12.6. The molecular formula is C19H19NO5. The summed E-state index contributed by atoms with van der Waals surface area (Å²) in [7, 11) is 1.53. The van der Waals surface area contributed by atoms with Gasteiger partial charge in [-0.1, -0.05) is 25.1 Å². The lowest BCUT2D eigenvalue weighted by Crippen LogP contribution is -2.33. The van der Waals surface area contributed by atoms with Crippen molar-refractivity contribution < 1.29 is 18.4 Å². The van der Waals surface area contributed by atoms with Crippen LogP contribution in [0.2, 0.25) is 0 Å². The molecule has 6 nitrogen and oxygen atoms in total. The lowest BCUT2D eigenvalue weighted by atomic mass is 10.1. The molecule has 25 heavy (non-hydrogen) atoms. The van der Waals surface area contributed by atoms with E-state index < -0.39 is 17.6 Å². The summed E-state index contributed by atoms with van der Waals surface area (Å²) in [6.45, 7) is 2.20. The second kappa shape index (κ2) is 7.36. The van der Waals surface area contributed by atoms with Crippen molar-refractivity contribution in [3.63, 3.8) is 0 Å². The number of rotatable bonds is 6. The fraction of sp³-hybridized carbons (Fsp3) is 0.263. The van der Waals surface area contributed by atoms with E-state index in [0.29, 0.717) is 16.7 Å². The third-order valence-electron chi connectivity index (χ3n) is 3.90. The Hall–Kier alpha value is -2.86. The average molecular weight is 341 g/mol. The second-order valence-corrected chi connectivity index (χ2v) is 5.62. The molecule has 0 aliphatic heterocycles. The van der Waals surface area contributed by atoms with Gasteiger partial charge in [0.15, 0.2) is 0 Å². The van der Waals surface area contributed by atoms with Crippen LogP contribution < -0.4 is 10.9 Å². The SMILES string of the molecule is CCc1ccc([C@H](COC)NC(=O)c2cc3ccccc3oc2=O)o1. The van der Waals surface area contributed by atoms with E-state index >= 15 is 0 Å². The molecule has 1 amide bonds. The van der Waals surface area contributed by atoms with Crippen molar-refractivity contribution in [3.8, 4) is 0 Å². The van der Waals surface area contributed by atoms with Crippen LogP contribution in [0.4, 0.5) is 0 Å². The number of fused-ring (bicyclic) bond motifs is 1. The number of hydrogen-bond acceptors (Lipinski definition) is 5. The molecule has 130 valence electrons. The van der Waals surface area contributed by atoms with Gasteiger partial charge in [0.1, 0.15) is 28.7 Å². The van der Waals surface area contributed by atoms with Gasteiger partial charge in [0.25, 0.3) is 5.91 Å². The molecule has 1 aromatic carbocycles. The summed E-state index contributed by atoms with van der Waals surface area (Å²) in [6, 6.07) is 11.7. The summed E-state index contributed by atoms with van der Waals surface area (Å²) in [5, 5.41) is 3.46. The fourth-order valence-electron chi connectivity index (χ4n) is 2.59. The highest BCUT2D eigenvalue weighted by Gasteiger charge is 2.21. The first-order valence-corrected chi connectivity index (χ1v) is 8.03. The number of furan rings is 1. The predicted octanol–water partition coefficient (Wildman–Crippen LogP) is 3.07. The number of aryl methyl sites for hydroxylation is 1. The maximum Gasteiger partial charge on any atom is 0.349 e. The Bertz CT molecular complexity index is 940. The van der Waals surface area contributed by atoms with Gasteiger partial charge in [-0.05, 0) is 24.3 Å². The first kappa shape index (κ1) is 17.0. The lowest BCUT2D eigenvalue weighted by molar-refractivity contribution is 0.0878. The first-order valence-electron chi connectivity index (χ1n) is 8.03. The van der Waals surface area contributed by atoms with Gasteiger partial charge in [-0.15, -0.1) is 0 Å². The molecule has 3 rings (SSSR count). The number of carbonyl (C=O) groups excluding carboxylic acids is 1. The Balaban J connectivity index is 1.88. The molecule has 2 heterocycles. The smallest absolute Gasteiger partial charge is 0.349 e. The van der Waals surface area contributed by atoms with E-state index in [1.165, 1.54) is 13.2 Å². The van der Waals surface area contributed by atoms with Crippen LogP contribution in [0.15, 0.2) is 56.1 Å². The molecule has 0 fully saturated rings. The highest BCUT2D eigenvalue weighted by Crippen LogP contribution is 2.19. The number of carbonyl (C=O) groups is 1. The van der Waals surface area contributed by atoms with Crippen LogP contribution in [0.5, 0.6) is 0 Å². The van der Waals surface area contributed by atoms with Crippen molar-refractivity contribution in [1.29, 1.82) is 0 Å². The number of amides is 1. The largest absolute Gasteiger partial charge is 0.464 e. The van der Waals surface area contributed by atoms with Crippen molar-refractivity contribution in [2.75, 3.05) is 13.7 Å². The van der Waals surface area contributed by atoms with Crippen molar-refractivity contribution in [3.05, 3.63) is 70.0 Å². The molecule has 0 spiro atoms. The van der Waals surface area contributed by atoms with E-state index in [1.54, 1.807) is 24.3 Å². The zero-order valence-electron chi connectivity index (χ0n) is 14.1. The first-order chi connectivity index (χ1) is 12.1. The minimum atomic E-state index is -0.680. The van der Waals surface area contributed by atoms with E-state index in [1.807, 2.05) is 19.1 Å². The minimum Gasteiger partial charge on any atom is -0.464 e. The summed E-state index contributed by atoms with van der Waals surface area (Å²) in [6.07, 6.45) is 0.752. The van der Waals surface area contributed by atoms with Crippen LogP contribution in [0.25, 0.3) is 11.0 Å². The molecule has 1 N–H and O–H groups in total. The molecular weight excluding hydrogens is 322 g/mol. The molecule has 2 aromatic heterocycles. The molecule has 0 aliphatic rings. The number of ether oxygens (including phenoxy) is 1. The van der Waals surface area contributed by atoms with Crippen molar-refractivity contribution in [2.24, 2.45) is 0 Å². The van der Waals surface area contributed by atoms with E-state index in [4.69, 9.17) is 13.6 Å². The third-order valence-corrected chi connectivity index (χ3v) is 3.90. The van der Waals surface area contributed by atoms with Crippen molar-refractivity contribution >= 4 is 16.9 Å². The molecule has 0 radical (unpaired) electrons. The number of benzene rings is 1. The number of hydrogen-bond donors (Lipinski definition) is 1. The van der Waals surface area contributed by atoms with Crippen LogP contribution in [-0.4, -0.2) is 19.6 Å². The minimum absolute atomic E-state index is 0.0536. The molecule has 1 atom stereocenters. The van der Waals surface area contributed by atoms with E-state index in [2.05, 4.69) is 5.32 Å².